The molecule has 2 aliphatic rings. The van der Waals surface area contributed by atoms with Gasteiger partial charge in [-0.05, 0) is 52.7 Å². The number of anilines is 1. The smallest absolute Gasteiger partial charge is 0.203 e. The monoisotopic (exact) mass is 234 g/mol. The Morgan fingerprint density at radius 2 is 1.94 bits per heavy atom. The van der Waals surface area contributed by atoms with Gasteiger partial charge in [-0.25, -0.2) is 4.98 Å². The van der Waals surface area contributed by atoms with E-state index in [0.29, 0.717) is 12.1 Å². The van der Waals surface area contributed by atoms with Crippen LogP contribution in [0.1, 0.15) is 37.4 Å². The normalized spacial score (nSPS) is 22.9. The van der Waals surface area contributed by atoms with Crippen molar-refractivity contribution < 1.29 is 0 Å². The van der Waals surface area contributed by atoms with Crippen molar-refractivity contribution in [2.24, 2.45) is 0 Å². The summed E-state index contributed by atoms with van der Waals surface area (Å²) >= 11 is 0. The van der Waals surface area contributed by atoms with Crippen LogP contribution in [0.3, 0.4) is 0 Å². The molecule has 0 atom stereocenters. The van der Waals surface area contributed by atoms with E-state index in [4.69, 9.17) is 0 Å². The Bertz CT molecular complexity index is 386. The zero-order valence-corrected chi connectivity index (χ0v) is 10.8. The summed E-state index contributed by atoms with van der Waals surface area (Å²) in [6, 6.07) is 1.32. The Hall–Kier alpha value is -1.03. The van der Waals surface area contributed by atoms with Gasteiger partial charge in [0.05, 0.1) is 5.69 Å². The van der Waals surface area contributed by atoms with Crippen LogP contribution in [-0.2, 0) is 0 Å². The molecule has 0 bridgehead atoms. The van der Waals surface area contributed by atoms with Crippen LogP contribution in [0.25, 0.3) is 0 Å². The molecule has 1 aromatic rings. The molecule has 4 nitrogen and oxygen atoms in total. The second-order valence-corrected chi connectivity index (χ2v) is 5.57. The summed E-state index contributed by atoms with van der Waals surface area (Å²) in [5.41, 5.74) is 1.13. The first-order chi connectivity index (χ1) is 8.22. The minimum Gasteiger partial charge on any atom is -0.353 e. The number of hydrogen-bond acceptors (Lipinski definition) is 3. The van der Waals surface area contributed by atoms with Gasteiger partial charge in [0.25, 0.3) is 0 Å². The maximum absolute atomic E-state index is 4.62. The summed E-state index contributed by atoms with van der Waals surface area (Å²) in [7, 11) is 2.21. The number of nitrogens with one attached hydrogen (secondary N) is 1. The molecule has 1 aromatic heterocycles. The maximum atomic E-state index is 4.62. The quantitative estimate of drug-likeness (QED) is 0.868. The van der Waals surface area contributed by atoms with Gasteiger partial charge in [0.1, 0.15) is 0 Å². The summed E-state index contributed by atoms with van der Waals surface area (Å²) < 4.78 is 2.38. The Balaban J connectivity index is 1.75. The molecule has 0 aromatic carbocycles. The molecule has 3 rings (SSSR count). The molecule has 94 valence electrons. The molecule has 0 amide bonds. The average molecular weight is 234 g/mol. The highest BCUT2D eigenvalue weighted by Gasteiger charge is 2.26. The number of rotatable bonds is 3. The number of nitrogens with zero attached hydrogens (tertiary/aromatic N) is 3. The molecule has 2 fully saturated rings. The van der Waals surface area contributed by atoms with Gasteiger partial charge in [-0.3, -0.25) is 0 Å². The minimum absolute atomic E-state index is 0.633. The molecule has 4 heteroatoms. The van der Waals surface area contributed by atoms with Crippen LogP contribution in [-0.4, -0.2) is 40.6 Å². The first-order valence-electron chi connectivity index (χ1n) is 6.73. The third-order valence-corrected chi connectivity index (χ3v) is 3.84. The van der Waals surface area contributed by atoms with E-state index >= 15 is 0 Å². The van der Waals surface area contributed by atoms with E-state index in [1.54, 1.807) is 0 Å². The van der Waals surface area contributed by atoms with Crippen molar-refractivity contribution in [2.45, 2.75) is 44.7 Å². The molecule has 0 unspecified atom stereocenters. The number of imidazole rings is 1. The number of aromatic nitrogens is 2. The van der Waals surface area contributed by atoms with Gasteiger partial charge in [0.15, 0.2) is 0 Å². The lowest BCUT2D eigenvalue weighted by Crippen LogP contribution is -2.31. The first kappa shape index (κ1) is 11.1. The Morgan fingerprint density at radius 3 is 2.59 bits per heavy atom. The standard InChI is InChI=1S/C13H22N4/c1-10-9-17(12-5-7-16(2)8-6-12)13(14-10)15-11-3-4-11/h9,11-12H,3-8H2,1-2H3,(H,14,15). The van der Waals surface area contributed by atoms with Crippen molar-refractivity contribution in [3.63, 3.8) is 0 Å². The molecule has 1 saturated heterocycles. The summed E-state index contributed by atoms with van der Waals surface area (Å²) in [6.07, 6.45) is 7.30. The molecule has 1 aliphatic carbocycles. The van der Waals surface area contributed by atoms with Gasteiger partial charge in [-0.15, -0.1) is 0 Å². The van der Waals surface area contributed by atoms with Gasteiger partial charge in [0.2, 0.25) is 5.95 Å². The van der Waals surface area contributed by atoms with E-state index in [9.17, 15) is 0 Å². The first-order valence-corrected chi connectivity index (χ1v) is 6.73. The van der Waals surface area contributed by atoms with Gasteiger partial charge in [0, 0.05) is 18.3 Å². The Labute approximate surface area is 103 Å². The zero-order valence-electron chi connectivity index (χ0n) is 10.8. The second kappa shape index (κ2) is 4.33. The fourth-order valence-electron chi connectivity index (χ4n) is 2.58. The van der Waals surface area contributed by atoms with Crippen LogP contribution in [0.5, 0.6) is 0 Å². The van der Waals surface area contributed by atoms with Crippen molar-refractivity contribution in [3.8, 4) is 0 Å². The molecule has 2 heterocycles. The van der Waals surface area contributed by atoms with Crippen molar-refractivity contribution in [1.82, 2.24) is 14.5 Å². The lowest BCUT2D eigenvalue weighted by Gasteiger charge is -2.30. The lowest BCUT2D eigenvalue weighted by atomic mass is 10.1. The number of hydrogen-bond donors (Lipinski definition) is 1. The summed E-state index contributed by atoms with van der Waals surface area (Å²) in [5, 5.41) is 3.55. The molecule has 1 aliphatic heterocycles. The van der Waals surface area contributed by atoms with Crippen LogP contribution in [0.15, 0.2) is 6.20 Å². The van der Waals surface area contributed by atoms with Gasteiger partial charge in [-0.2, -0.15) is 0 Å². The number of aryl methyl sites for hydroxylation is 1. The van der Waals surface area contributed by atoms with Crippen LogP contribution >= 0.6 is 0 Å². The second-order valence-electron chi connectivity index (χ2n) is 5.57. The summed E-state index contributed by atoms with van der Waals surface area (Å²) in [4.78, 5) is 7.03. The van der Waals surface area contributed by atoms with Crippen molar-refractivity contribution in [1.29, 1.82) is 0 Å². The fraction of sp³-hybridized carbons (Fsp3) is 0.769. The van der Waals surface area contributed by atoms with E-state index in [1.807, 2.05) is 0 Å². The Morgan fingerprint density at radius 1 is 1.24 bits per heavy atom. The molecule has 1 N–H and O–H groups in total. The third kappa shape index (κ3) is 2.46. The highest BCUT2D eigenvalue weighted by Crippen LogP contribution is 2.29. The van der Waals surface area contributed by atoms with E-state index in [2.05, 4.69) is 39.9 Å². The molecular formula is C13H22N4. The largest absolute Gasteiger partial charge is 0.353 e. The van der Waals surface area contributed by atoms with E-state index in [1.165, 1.54) is 38.8 Å². The highest BCUT2D eigenvalue weighted by atomic mass is 15.2. The van der Waals surface area contributed by atoms with Crippen LogP contribution in [0, 0.1) is 6.92 Å². The van der Waals surface area contributed by atoms with Crippen molar-refractivity contribution in [3.05, 3.63) is 11.9 Å². The minimum atomic E-state index is 0.633. The van der Waals surface area contributed by atoms with E-state index in [0.717, 1.165) is 11.6 Å². The topological polar surface area (TPSA) is 33.1 Å². The number of likely N-dealkylation sites (tertiary alicyclic amines) is 1. The third-order valence-electron chi connectivity index (χ3n) is 3.84. The number of piperidine rings is 1. The highest BCUT2D eigenvalue weighted by molar-refractivity contribution is 5.33. The van der Waals surface area contributed by atoms with Crippen LogP contribution in [0.4, 0.5) is 5.95 Å². The Kier molecular flexibility index (Phi) is 2.82. The lowest BCUT2D eigenvalue weighted by molar-refractivity contribution is 0.222. The predicted molar refractivity (Wildman–Crippen MR) is 69.4 cm³/mol. The van der Waals surface area contributed by atoms with Crippen LogP contribution in [0.2, 0.25) is 0 Å². The predicted octanol–water partition coefficient (Wildman–Crippen LogP) is 2.03. The molecular weight excluding hydrogens is 212 g/mol. The maximum Gasteiger partial charge on any atom is 0.203 e. The SMILES string of the molecule is Cc1cn(C2CCN(C)CC2)c(NC2CC2)n1. The summed E-state index contributed by atoms with van der Waals surface area (Å²) in [6.45, 7) is 4.49. The molecule has 1 saturated carbocycles. The van der Waals surface area contributed by atoms with Crippen molar-refractivity contribution >= 4 is 5.95 Å². The van der Waals surface area contributed by atoms with Gasteiger partial charge < -0.3 is 14.8 Å². The van der Waals surface area contributed by atoms with Gasteiger partial charge in [-0.1, -0.05) is 0 Å². The van der Waals surface area contributed by atoms with Crippen LogP contribution < -0.4 is 5.32 Å². The van der Waals surface area contributed by atoms with E-state index in [-0.39, 0.29) is 0 Å². The summed E-state index contributed by atoms with van der Waals surface area (Å²) in [5.74, 6) is 1.10. The van der Waals surface area contributed by atoms with Crippen molar-refractivity contribution in [2.75, 3.05) is 25.5 Å². The average Bonchev–Trinajstić information content (AvgIpc) is 3.03. The molecule has 17 heavy (non-hydrogen) atoms. The fourth-order valence-corrected chi connectivity index (χ4v) is 2.58. The van der Waals surface area contributed by atoms with E-state index < -0.39 is 0 Å². The van der Waals surface area contributed by atoms with Gasteiger partial charge >= 0.3 is 0 Å². The zero-order chi connectivity index (χ0) is 11.8. The molecule has 0 spiro atoms. The molecule has 0 radical (unpaired) electrons.